The predicted octanol–water partition coefficient (Wildman–Crippen LogP) is 5.92. The zero-order valence-corrected chi connectivity index (χ0v) is 18.3. The van der Waals surface area contributed by atoms with E-state index in [1.165, 1.54) is 18.2 Å². The Kier molecular flexibility index (Phi) is 8.33. The molecule has 5 nitrogen and oxygen atoms in total. The predicted molar refractivity (Wildman–Crippen MR) is 108 cm³/mol. The molecule has 0 amide bonds. The van der Waals surface area contributed by atoms with Crippen LogP contribution < -0.4 is 10.2 Å². The normalized spacial score (nSPS) is 12.6. The Bertz CT molecular complexity index is 996. The highest BCUT2D eigenvalue weighted by molar-refractivity contribution is 9.10. The molecule has 0 saturated heterocycles. The van der Waals surface area contributed by atoms with Gasteiger partial charge in [0.25, 0.3) is 0 Å². The fraction of sp³-hybridized carbons (Fsp3) is 0.300. The molecule has 180 valence electrons. The highest BCUT2D eigenvalue weighted by Crippen LogP contribution is 2.45. The number of halogens is 8. The summed E-state index contributed by atoms with van der Waals surface area (Å²) in [6.07, 6.45) is -5.82. The standard InChI is InChI=1S/C20H16BrF7N2O3/c1-2-32-17(31)14-6-3-12(4-7-14)11-33-16-8-5-13(9-15(16)21)10-29-30-20(27,28)18(22,23)19(24,25)26/h3-10,30H,2,11H2,1H3/b29-10-. The molecular formula is C20H16BrF7N2O3. The van der Waals surface area contributed by atoms with Crippen molar-refractivity contribution in [1.82, 2.24) is 5.43 Å². The molecule has 0 heterocycles. The Morgan fingerprint density at radius 2 is 1.70 bits per heavy atom. The first-order chi connectivity index (χ1) is 15.3. The number of esters is 1. The number of nitrogens with one attached hydrogen (secondary N) is 1. The molecule has 33 heavy (non-hydrogen) atoms. The lowest BCUT2D eigenvalue weighted by Gasteiger charge is -2.27. The largest absolute Gasteiger partial charge is 0.488 e. The second kappa shape index (κ2) is 10.4. The van der Waals surface area contributed by atoms with Gasteiger partial charge >= 0.3 is 24.1 Å². The van der Waals surface area contributed by atoms with Gasteiger partial charge in [-0.1, -0.05) is 12.1 Å². The Labute approximate surface area is 191 Å². The van der Waals surface area contributed by atoms with E-state index in [9.17, 15) is 35.5 Å². The zero-order chi connectivity index (χ0) is 24.9. The van der Waals surface area contributed by atoms with Crippen LogP contribution in [0.5, 0.6) is 5.75 Å². The van der Waals surface area contributed by atoms with Crippen molar-refractivity contribution < 1.29 is 45.0 Å². The maximum absolute atomic E-state index is 13.2. The van der Waals surface area contributed by atoms with E-state index in [2.05, 4.69) is 21.0 Å². The van der Waals surface area contributed by atoms with Crippen LogP contribution in [0.15, 0.2) is 52.0 Å². The highest BCUT2D eigenvalue weighted by atomic mass is 79.9. The van der Waals surface area contributed by atoms with Gasteiger partial charge in [0.05, 0.1) is 22.9 Å². The van der Waals surface area contributed by atoms with Gasteiger partial charge in [0.2, 0.25) is 0 Å². The van der Waals surface area contributed by atoms with Gasteiger partial charge in [-0.05, 0) is 64.3 Å². The topological polar surface area (TPSA) is 59.9 Å². The van der Waals surface area contributed by atoms with Crippen molar-refractivity contribution in [1.29, 1.82) is 0 Å². The minimum absolute atomic E-state index is 0.103. The molecule has 1 N–H and O–H groups in total. The zero-order valence-electron chi connectivity index (χ0n) is 16.7. The van der Waals surface area contributed by atoms with Crippen LogP contribution in [0.1, 0.15) is 28.4 Å². The second-order valence-corrected chi connectivity index (χ2v) is 7.27. The third kappa shape index (κ3) is 6.59. The van der Waals surface area contributed by atoms with Crippen LogP contribution in [-0.2, 0) is 11.3 Å². The van der Waals surface area contributed by atoms with Crippen LogP contribution >= 0.6 is 15.9 Å². The molecule has 0 bridgehead atoms. The van der Waals surface area contributed by atoms with Gasteiger partial charge in [-0.3, -0.25) is 0 Å². The molecule has 0 fully saturated rings. The lowest BCUT2D eigenvalue weighted by Crippen LogP contribution is -2.58. The fourth-order valence-electron chi connectivity index (χ4n) is 2.26. The third-order valence-electron chi connectivity index (χ3n) is 3.98. The molecule has 0 aliphatic rings. The van der Waals surface area contributed by atoms with Crippen LogP contribution in [0.25, 0.3) is 0 Å². The van der Waals surface area contributed by atoms with Crippen molar-refractivity contribution in [3.05, 3.63) is 63.6 Å². The number of hydrogen-bond acceptors (Lipinski definition) is 5. The average Bonchev–Trinajstić information content (AvgIpc) is 2.72. The maximum Gasteiger partial charge on any atom is 0.462 e. The van der Waals surface area contributed by atoms with Gasteiger partial charge in [-0.2, -0.15) is 35.8 Å². The van der Waals surface area contributed by atoms with Crippen LogP contribution in [0, 0.1) is 0 Å². The molecule has 2 rings (SSSR count). The van der Waals surface area contributed by atoms with Crippen LogP contribution in [0.2, 0.25) is 0 Å². The molecule has 0 spiro atoms. The molecule has 0 aliphatic carbocycles. The number of benzene rings is 2. The van der Waals surface area contributed by atoms with E-state index in [1.807, 2.05) is 0 Å². The van der Waals surface area contributed by atoms with E-state index < -0.39 is 24.1 Å². The third-order valence-corrected chi connectivity index (χ3v) is 4.60. The summed E-state index contributed by atoms with van der Waals surface area (Å²) in [5.74, 6) is -6.45. The summed E-state index contributed by atoms with van der Waals surface area (Å²) in [6.45, 7) is 2.04. The van der Waals surface area contributed by atoms with E-state index in [1.54, 1.807) is 31.2 Å². The molecule has 0 aliphatic heterocycles. The van der Waals surface area contributed by atoms with E-state index >= 15 is 0 Å². The van der Waals surface area contributed by atoms with Crippen LogP contribution in [0.3, 0.4) is 0 Å². The number of hydrogen-bond donors (Lipinski definition) is 1. The number of nitrogens with zero attached hydrogens (tertiary/aromatic N) is 1. The summed E-state index contributed by atoms with van der Waals surface area (Å²) < 4.78 is 99.1. The van der Waals surface area contributed by atoms with Crippen molar-refractivity contribution in [3.8, 4) is 5.75 Å². The van der Waals surface area contributed by atoms with E-state index in [4.69, 9.17) is 9.47 Å². The minimum atomic E-state index is -6.46. The summed E-state index contributed by atoms with van der Waals surface area (Å²) in [5.41, 5.74) is 1.74. The highest BCUT2D eigenvalue weighted by Gasteiger charge is 2.73. The van der Waals surface area contributed by atoms with Gasteiger partial charge in [0, 0.05) is 0 Å². The Balaban J connectivity index is 1.99. The molecule has 0 unspecified atom stereocenters. The quantitative estimate of drug-likeness (QED) is 0.140. The number of rotatable bonds is 9. The van der Waals surface area contributed by atoms with E-state index in [0.29, 0.717) is 27.4 Å². The Hall–Kier alpha value is -2.83. The number of carbonyl (C=O) groups is 1. The summed E-state index contributed by atoms with van der Waals surface area (Å²) in [5, 5.41) is 2.79. The molecule has 0 radical (unpaired) electrons. The molecular weight excluding hydrogens is 529 g/mol. The Morgan fingerprint density at radius 1 is 1.06 bits per heavy atom. The Morgan fingerprint density at radius 3 is 2.24 bits per heavy atom. The molecule has 0 aromatic heterocycles. The number of alkyl halides is 7. The van der Waals surface area contributed by atoms with Crippen LogP contribution in [0.4, 0.5) is 30.7 Å². The summed E-state index contributed by atoms with van der Waals surface area (Å²) in [4.78, 5) is 11.6. The fourth-order valence-corrected chi connectivity index (χ4v) is 2.77. The molecule has 0 saturated carbocycles. The lowest BCUT2D eigenvalue weighted by atomic mass is 10.1. The van der Waals surface area contributed by atoms with E-state index in [0.717, 1.165) is 5.56 Å². The number of hydrazone groups is 1. The molecule has 2 aromatic rings. The first-order valence-electron chi connectivity index (χ1n) is 9.09. The lowest BCUT2D eigenvalue weighted by molar-refractivity contribution is -0.361. The van der Waals surface area contributed by atoms with Crippen molar-refractivity contribution in [2.45, 2.75) is 31.7 Å². The van der Waals surface area contributed by atoms with Crippen molar-refractivity contribution in [3.63, 3.8) is 0 Å². The van der Waals surface area contributed by atoms with Crippen molar-refractivity contribution in [2.75, 3.05) is 6.61 Å². The van der Waals surface area contributed by atoms with E-state index in [-0.39, 0.29) is 18.8 Å². The van der Waals surface area contributed by atoms with Crippen molar-refractivity contribution in [2.24, 2.45) is 5.10 Å². The SMILES string of the molecule is CCOC(=O)c1ccc(COc2ccc(/C=N\NC(F)(F)C(F)(F)C(F)(F)F)cc2Br)cc1. The van der Waals surface area contributed by atoms with Crippen LogP contribution in [-0.4, -0.2) is 36.9 Å². The van der Waals surface area contributed by atoms with Gasteiger partial charge < -0.3 is 9.47 Å². The monoisotopic (exact) mass is 544 g/mol. The summed E-state index contributed by atoms with van der Waals surface area (Å²) in [7, 11) is 0. The van der Waals surface area contributed by atoms with Gasteiger partial charge in [0.15, 0.2) is 0 Å². The molecule has 13 heteroatoms. The molecule has 2 aromatic carbocycles. The molecule has 0 atom stereocenters. The van der Waals surface area contributed by atoms with Crippen molar-refractivity contribution >= 4 is 28.1 Å². The first-order valence-corrected chi connectivity index (χ1v) is 9.89. The minimum Gasteiger partial charge on any atom is -0.488 e. The maximum atomic E-state index is 13.2. The van der Waals surface area contributed by atoms with Gasteiger partial charge in [-0.15, -0.1) is 0 Å². The smallest absolute Gasteiger partial charge is 0.462 e. The first kappa shape index (κ1) is 26.4. The van der Waals surface area contributed by atoms with Gasteiger partial charge in [0.1, 0.15) is 12.4 Å². The summed E-state index contributed by atoms with van der Waals surface area (Å²) >= 11 is 3.17. The van der Waals surface area contributed by atoms with Gasteiger partial charge in [-0.25, -0.2) is 10.2 Å². The number of ether oxygens (including phenoxy) is 2. The second-order valence-electron chi connectivity index (χ2n) is 6.41. The summed E-state index contributed by atoms with van der Waals surface area (Å²) in [6, 6.07) is 4.84. The average molecular weight is 545 g/mol. The number of carbonyl (C=O) groups excluding carboxylic acids is 1.